The van der Waals surface area contributed by atoms with Crippen molar-refractivity contribution in [1.29, 1.82) is 0 Å². The van der Waals surface area contributed by atoms with Crippen LogP contribution in [0.3, 0.4) is 0 Å². The second kappa shape index (κ2) is 8.65. The molecule has 0 aliphatic heterocycles. The number of carboxylic acid groups (broad SMARTS) is 1. The monoisotopic (exact) mass is 411 g/mol. The van der Waals surface area contributed by atoms with Crippen LogP contribution in [-0.2, 0) is 11.0 Å². The Bertz CT molecular complexity index is 1110. The summed E-state index contributed by atoms with van der Waals surface area (Å²) in [5, 5.41) is 11.5. The summed E-state index contributed by atoms with van der Waals surface area (Å²) in [6, 6.07) is 18.3. The standard InChI is InChI=1S/C23H16F3NO3/c24-23(25,26)19-14-17(15-6-2-1-3-7-15)11-10-16(19)12-13-21(28)27-20-9-5-4-8-18(20)22(29)30/h1-14H,(H,27,28)(H,29,30). The normalized spacial score (nSPS) is 11.4. The van der Waals surface area contributed by atoms with Gasteiger partial charge in [-0.15, -0.1) is 0 Å². The van der Waals surface area contributed by atoms with Gasteiger partial charge in [0.05, 0.1) is 16.8 Å². The van der Waals surface area contributed by atoms with Crippen LogP contribution in [0.4, 0.5) is 18.9 Å². The largest absolute Gasteiger partial charge is 0.478 e. The number of para-hydroxylation sites is 1. The number of aromatic carboxylic acids is 1. The molecule has 1 amide bonds. The number of anilines is 1. The van der Waals surface area contributed by atoms with Crippen LogP contribution in [0.25, 0.3) is 17.2 Å². The Morgan fingerprint density at radius 1 is 0.867 bits per heavy atom. The molecule has 2 N–H and O–H groups in total. The molecule has 0 aromatic heterocycles. The molecule has 3 rings (SSSR count). The lowest BCUT2D eigenvalue weighted by Crippen LogP contribution is -2.12. The van der Waals surface area contributed by atoms with Crippen LogP contribution >= 0.6 is 0 Å². The van der Waals surface area contributed by atoms with Gasteiger partial charge in [0, 0.05) is 6.08 Å². The molecule has 0 aliphatic carbocycles. The zero-order valence-corrected chi connectivity index (χ0v) is 15.5. The molecule has 0 fully saturated rings. The van der Waals surface area contributed by atoms with Gasteiger partial charge in [-0.3, -0.25) is 4.79 Å². The minimum atomic E-state index is -4.61. The summed E-state index contributed by atoms with van der Waals surface area (Å²) in [7, 11) is 0. The van der Waals surface area contributed by atoms with Gasteiger partial charge in [-0.05, 0) is 41.0 Å². The van der Waals surface area contributed by atoms with Crippen LogP contribution in [0.2, 0.25) is 0 Å². The van der Waals surface area contributed by atoms with Crippen molar-refractivity contribution in [2.45, 2.75) is 6.18 Å². The molecule has 0 aliphatic rings. The van der Waals surface area contributed by atoms with E-state index in [-0.39, 0.29) is 16.8 Å². The molecule has 3 aromatic rings. The summed E-state index contributed by atoms with van der Waals surface area (Å²) in [4.78, 5) is 23.3. The third-order valence-corrected chi connectivity index (χ3v) is 4.30. The molecule has 0 heterocycles. The van der Waals surface area contributed by atoms with Crippen molar-refractivity contribution in [3.63, 3.8) is 0 Å². The second-order valence-electron chi connectivity index (χ2n) is 6.34. The maximum Gasteiger partial charge on any atom is 0.417 e. The van der Waals surface area contributed by atoms with Crippen LogP contribution in [0.1, 0.15) is 21.5 Å². The summed E-state index contributed by atoms with van der Waals surface area (Å²) < 4.78 is 40.7. The Kier molecular flexibility index (Phi) is 6.01. The Morgan fingerprint density at radius 2 is 1.53 bits per heavy atom. The predicted molar refractivity (Wildman–Crippen MR) is 108 cm³/mol. The van der Waals surface area contributed by atoms with Gasteiger partial charge in [-0.25, -0.2) is 4.79 Å². The van der Waals surface area contributed by atoms with Crippen molar-refractivity contribution < 1.29 is 27.9 Å². The molecule has 0 bridgehead atoms. The first-order valence-corrected chi connectivity index (χ1v) is 8.84. The van der Waals surface area contributed by atoms with E-state index in [9.17, 15) is 22.8 Å². The highest BCUT2D eigenvalue weighted by Crippen LogP contribution is 2.35. The van der Waals surface area contributed by atoms with Crippen LogP contribution in [0.5, 0.6) is 0 Å². The lowest BCUT2D eigenvalue weighted by atomic mass is 9.98. The Morgan fingerprint density at radius 3 is 2.20 bits per heavy atom. The minimum absolute atomic E-state index is 0.0510. The SMILES string of the molecule is O=C(C=Cc1ccc(-c2ccccc2)cc1C(F)(F)F)Nc1ccccc1C(=O)O. The van der Waals surface area contributed by atoms with Crippen LogP contribution < -0.4 is 5.32 Å². The van der Waals surface area contributed by atoms with Crippen molar-refractivity contribution in [2.24, 2.45) is 0 Å². The molecule has 0 unspecified atom stereocenters. The van der Waals surface area contributed by atoms with E-state index in [4.69, 9.17) is 5.11 Å². The lowest BCUT2D eigenvalue weighted by Gasteiger charge is -2.13. The van der Waals surface area contributed by atoms with E-state index in [2.05, 4.69) is 5.32 Å². The highest BCUT2D eigenvalue weighted by Gasteiger charge is 2.33. The zero-order valence-electron chi connectivity index (χ0n) is 15.5. The number of amides is 1. The molecular formula is C23H16F3NO3. The van der Waals surface area contributed by atoms with E-state index in [0.717, 1.165) is 18.2 Å². The van der Waals surface area contributed by atoms with Crippen LogP contribution in [0.15, 0.2) is 78.9 Å². The number of halogens is 3. The highest BCUT2D eigenvalue weighted by atomic mass is 19.4. The quantitative estimate of drug-likeness (QED) is 0.528. The Labute approximate surface area is 170 Å². The van der Waals surface area contributed by atoms with Crippen LogP contribution in [0, 0.1) is 0 Å². The zero-order chi connectivity index (χ0) is 21.7. The fourth-order valence-electron chi connectivity index (χ4n) is 2.88. The lowest BCUT2D eigenvalue weighted by molar-refractivity contribution is -0.137. The van der Waals surface area contributed by atoms with E-state index in [0.29, 0.717) is 11.1 Å². The number of alkyl halides is 3. The molecule has 152 valence electrons. The van der Waals surface area contributed by atoms with E-state index >= 15 is 0 Å². The van der Waals surface area contributed by atoms with Crippen molar-refractivity contribution in [2.75, 3.05) is 5.32 Å². The molecular weight excluding hydrogens is 395 g/mol. The minimum Gasteiger partial charge on any atom is -0.478 e. The van der Waals surface area contributed by atoms with Gasteiger partial charge in [-0.2, -0.15) is 13.2 Å². The first-order chi connectivity index (χ1) is 14.3. The molecule has 0 radical (unpaired) electrons. The van der Waals surface area contributed by atoms with Crippen molar-refractivity contribution in [1.82, 2.24) is 0 Å². The predicted octanol–water partition coefficient (Wildman–Crippen LogP) is 5.72. The average Bonchev–Trinajstić information content (AvgIpc) is 2.72. The fourth-order valence-corrected chi connectivity index (χ4v) is 2.88. The molecule has 0 saturated heterocycles. The van der Waals surface area contributed by atoms with Crippen molar-refractivity contribution in [3.8, 4) is 11.1 Å². The van der Waals surface area contributed by atoms with Crippen molar-refractivity contribution >= 4 is 23.6 Å². The highest BCUT2D eigenvalue weighted by molar-refractivity contribution is 6.06. The fraction of sp³-hybridized carbons (Fsp3) is 0.0435. The molecule has 0 saturated carbocycles. The molecule has 7 heteroatoms. The van der Waals surface area contributed by atoms with E-state index in [1.54, 1.807) is 36.4 Å². The summed E-state index contributed by atoms with van der Waals surface area (Å²) >= 11 is 0. The Balaban J connectivity index is 1.88. The summed E-state index contributed by atoms with van der Waals surface area (Å²) in [6.07, 6.45) is -2.63. The number of rotatable bonds is 5. The maximum absolute atomic E-state index is 13.6. The van der Waals surface area contributed by atoms with Gasteiger partial charge in [-0.1, -0.05) is 54.6 Å². The third kappa shape index (κ3) is 4.94. The summed E-state index contributed by atoms with van der Waals surface area (Å²) in [5.41, 5.74) is -0.0817. The molecule has 3 aromatic carbocycles. The molecule has 0 atom stereocenters. The number of carboxylic acids is 1. The van der Waals surface area contributed by atoms with Crippen molar-refractivity contribution in [3.05, 3.63) is 95.6 Å². The smallest absolute Gasteiger partial charge is 0.417 e. The number of benzene rings is 3. The number of carbonyl (C=O) groups is 2. The average molecular weight is 411 g/mol. The first kappa shape index (κ1) is 20.9. The Hall–Kier alpha value is -3.87. The van der Waals surface area contributed by atoms with Crippen LogP contribution in [-0.4, -0.2) is 17.0 Å². The molecule has 0 spiro atoms. The number of hydrogen-bond acceptors (Lipinski definition) is 2. The number of carbonyl (C=O) groups excluding carboxylic acids is 1. The van der Waals surface area contributed by atoms with Gasteiger partial charge in [0.15, 0.2) is 0 Å². The first-order valence-electron chi connectivity index (χ1n) is 8.84. The number of hydrogen-bond donors (Lipinski definition) is 2. The van der Waals surface area contributed by atoms with Gasteiger partial charge < -0.3 is 10.4 Å². The van der Waals surface area contributed by atoms with Gasteiger partial charge in [0.2, 0.25) is 5.91 Å². The number of nitrogens with one attached hydrogen (secondary N) is 1. The van der Waals surface area contributed by atoms with E-state index < -0.39 is 23.6 Å². The third-order valence-electron chi connectivity index (χ3n) is 4.30. The molecule has 4 nitrogen and oxygen atoms in total. The topological polar surface area (TPSA) is 66.4 Å². The van der Waals surface area contributed by atoms with Gasteiger partial charge >= 0.3 is 12.1 Å². The second-order valence-corrected chi connectivity index (χ2v) is 6.34. The van der Waals surface area contributed by atoms with E-state index in [1.807, 2.05) is 0 Å². The maximum atomic E-state index is 13.6. The molecule has 30 heavy (non-hydrogen) atoms. The van der Waals surface area contributed by atoms with E-state index in [1.165, 1.54) is 30.3 Å². The summed E-state index contributed by atoms with van der Waals surface area (Å²) in [6.45, 7) is 0. The van der Waals surface area contributed by atoms with Gasteiger partial charge in [0.1, 0.15) is 0 Å². The summed E-state index contributed by atoms with van der Waals surface area (Å²) in [5.74, 6) is -1.98. The van der Waals surface area contributed by atoms with Gasteiger partial charge in [0.25, 0.3) is 0 Å².